The molecule has 114 valence electrons. The van der Waals surface area contributed by atoms with Crippen LogP contribution in [-0.2, 0) is 4.74 Å². The van der Waals surface area contributed by atoms with E-state index in [9.17, 15) is 20.0 Å². The van der Waals surface area contributed by atoms with Crippen LogP contribution in [0.5, 0.6) is 5.75 Å². The van der Waals surface area contributed by atoms with Gasteiger partial charge in [-0.2, -0.15) is 5.10 Å². The lowest BCUT2D eigenvalue weighted by molar-refractivity contribution is -0.385. The predicted octanol–water partition coefficient (Wildman–Crippen LogP) is 2.92. The van der Waals surface area contributed by atoms with E-state index in [0.29, 0.717) is 4.47 Å². The van der Waals surface area contributed by atoms with E-state index in [1.165, 1.54) is 6.07 Å². The molecule has 1 amide bonds. The van der Waals surface area contributed by atoms with Crippen molar-refractivity contribution in [1.29, 1.82) is 0 Å². The van der Waals surface area contributed by atoms with Crippen LogP contribution in [0.25, 0.3) is 0 Å². The molecule has 0 aliphatic heterocycles. The van der Waals surface area contributed by atoms with E-state index < -0.39 is 28.1 Å². The summed E-state index contributed by atoms with van der Waals surface area (Å²) in [5.41, 5.74) is 1.03. The Bertz CT molecular complexity index is 595. The molecule has 0 aromatic heterocycles. The Morgan fingerprint density at radius 2 is 2.14 bits per heavy atom. The second-order valence-electron chi connectivity index (χ2n) is 4.99. The number of halogens is 1. The lowest BCUT2D eigenvalue weighted by atomic mass is 10.2. The van der Waals surface area contributed by atoms with E-state index in [1.54, 1.807) is 20.8 Å². The molecule has 0 radical (unpaired) electrons. The first-order valence-electron chi connectivity index (χ1n) is 5.79. The van der Waals surface area contributed by atoms with E-state index in [2.05, 4.69) is 26.5 Å². The number of nitrogens with zero attached hydrogens (tertiary/aromatic N) is 2. The number of benzene rings is 1. The molecule has 21 heavy (non-hydrogen) atoms. The molecule has 0 saturated heterocycles. The molecule has 0 saturated carbocycles. The summed E-state index contributed by atoms with van der Waals surface area (Å²) in [6.45, 7) is 5.08. The van der Waals surface area contributed by atoms with Crippen molar-refractivity contribution < 1.29 is 19.6 Å². The number of nitro benzene ring substituents is 1. The second-order valence-corrected chi connectivity index (χ2v) is 5.91. The average Bonchev–Trinajstić information content (AvgIpc) is 2.30. The minimum absolute atomic E-state index is 0.0760. The van der Waals surface area contributed by atoms with Crippen LogP contribution in [0.1, 0.15) is 26.3 Å². The lowest BCUT2D eigenvalue weighted by Crippen LogP contribution is -2.29. The number of phenolic OH excluding ortho intramolecular Hbond substituents is 1. The third kappa shape index (κ3) is 5.38. The largest absolute Gasteiger partial charge is 0.502 e. The SMILES string of the molecule is CC(C)(C)OC(=O)N/N=C/c1cc(Br)cc([N+](=O)[O-])c1O. The molecular formula is C12H14BrN3O5. The van der Waals surface area contributed by atoms with Gasteiger partial charge in [0.2, 0.25) is 5.75 Å². The normalized spacial score (nSPS) is 11.4. The van der Waals surface area contributed by atoms with Gasteiger partial charge in [0.1, 0.15) is 5.60 Å². The molecule has 9 heteroatoms. The van der Waals surface area contributed by atoms with Crippen molar-refractivity contribution in [1.82, 2.24) is 5.43 Å². The topological polar surface area (TPSA) is 114 Å². The molecule has 1 aromatic carbocycles. The van der Waals surface area contributed by atoms with Crippen molar-refractivity contribution in [2.24, 2.45) is 5.10 Å². The zero-order valence-corrected chi connectivity index (χ0v) is 13.2. The number of hydrogen-bond donors (Lipinski definition) is 2. The second kappa shape index (κ2) is 6.53. The minimum atomic E-state index is -0.775. The van der Waals surface area contributed by atoms with E-state index in [0.717, 1.165) is 12.3 Å². The summed E-state index contributed by atoms with van der Waals surface area (Å²) < 4.78 is 5.34. The van der Waals surface area contributed by atoms with E-state index in [1.807, 2.05) is 0 Å². The summed E-state index contributed by atoms with van der Waals surface area (Å²) in [6, 6.07) is 2.58. The fourth-order valence-electron chi connectivity index (χ4n) is 1.30. The number of ether oxygens (including phenoxy) is 1. The smallest absolute Gasteiger partial charge is 0.428 e. The van der Waals surface area contributed by atoms with Crippen LogP contribution < -0.4 is 5.43 Å². The van der Waals surface area contributed by atoms with Gasteiger partial charge in [-0.3, -0.25) is 10.1 Å². The van der Waals surface area contributed by atoms with Gasteiger partial charge in [0.25, 0.3) is 0 Å². The molecule has 0 atom stereocenters. The van der Waals surface area contributed by atoms with Crippen LogP contribution in [0, 0.1) is 10.1 Å². The molecule has 0 bridgehead atoms. The van der Waals surface area contributed by atoms with Gasteiger partial charge >= 0.3 is 11.8 Å². The van der Waals surface area contributed by atoms with Gasteiger partial charge in [0.05, 0.1) is 11.1 Å². The highest BCUT2D eigenvalue weighted by atomic mass is 79.9. The molecule has 0 spiro atoms. The van der Waals surface area contributed by atoms with Gasteiger partial charge < -0.3 is 9.84 Å². The maximum atomic E-state index is 11.3. The summed E-state index contributed by atoms with van der Waals surface area (Å²) in [4.78, 5) is 21.4. The zero-order chi connectivity index (χ0) is 16.2. The van der Waals surface area contributed by atoms with E-state index in [-0.39, 0.29) is 5.56 Å². The number of amides is 1. The number of aromatic hydroxyl groups is 1. The summed E-state index contributed by atoms with van der Waals surface area (Å²) in [5, 5.41) is 24.1. The summed E-state index contributed by atoms with van der Waals surface area (Å²) in [6.07, 6.45) is 0.305. The molecule has 2 N–H and O–H groups in total. The summed E-state index contributed by atoms with van der Waals surface area (Å²) in [7, 11) is 0. The number of carbonyl (C=O) groups excluding carboxylic acids is 1. The fourth-order valence-corrected chi connectivity index (χ4v) is 1.76. The third-order valence-electron chi connectivity index (χ3n) is 2.04. The van der Waals surface area contributed by atoms with Gasteiger partial charge in [-0.05, 0) is 26.8 Å². The standard InChI is InChI=1S/C12H14BrN3O5/c1-12(2,3)21-11(18)15-14-6-7-4-8(13)5-9(10(7)17)16(19)20/h4-6,17H,1-3H3,(H,15,18)/b14-6+. The molecule has 1 rings (SSSR count). The van der Waals surface area contributed by atoms with Crippen molar-refractivity contribution in [3.8, 4) is 5.75 Å². The Kier molecular flexibility index (Phi) is 5.25. The molecule has 0 unspecified atom stereocenters. The quantitative estimate of drug-likeness (QED) is 0.489. The van der Waals surface area contributed by atoms with Crippen LogP contribution in [0.3, 0.4) is 0 Å². The number of nitrogens with one attached hydrogen (secondary N) is 1. The maximum Gasteiger partial charge on any atom is 0.428 e. The van der Waals surface area contributed by atoms with Crippen LogP contribution in [-0.4, -0.2) is 27.9 Å². The Hall–Kier alpha value is -2.16. The summed E-state index contributed by atoms with van der Waals surface area (Å²) in [5.74, 6) is -0.544. The van der Waals surface area contributed by atoms with E-state index >= 15 is 0 Å². The number of hydrogen-bond acceptors (Lipinski definition) is 6. The first kappa shape index (κ1) is 16.9. The van der Waals surface area contributed by atoms with Crippen molar-refractivity contribution in [2.45, 2.75) is 26.4 Å². The molecule has 8 nitrogen and oxygen atoms in total. The highest BCUT2D eigenvalue weighted by Crippen LogP contribution is 2.32. The molecule has 0 fully saturated rings. The number of nitro groups is 1. The Balaban J connectivity index is 2.86. The van der Waals surface area contributed by atoms with Gasteiger partial charge in [-0.1, -0.05) is 15.9 Å². The number of phenols is 1. The van der Waals surface area contributed by atoms with Gasteiger partial charge in [0, 0.05) is 16.1 Å². The third-order valence-corrected chi connectivity index (χ3v) is 2.50. The van der Waals surface area contributed by atoms with Crippen molar-refractivity contribution in [2.75, 3.05) is 0 Å². The highest BCUT2D eigenvalue weighted by Gasteiger charge is 2.18. The van der Waals surface area contributed by atoms with Crippen LogP contribution in [0.2, 0.25) is 0 Å². The molecule has 0 aliphatic rings. The van der Waals surface area contributed by atoms with Crippen LogP contribution in [0.15, 0.2) is 21.7 Å². The highest BCUT2D eigenvalue weighted by molar-refractivity contribution is 9.10. The van der Waals surface area contributed by atoms with Gasteiger partial charge in [-0.15, -0.1) is 0 Å². The predicted molar refractivity (Wildman–Crippen MR) is 79.4 cm³/mol. The molecule has 0 aliphatic carbocycles. The number of carbonyl (C=O) groups is 1. The van der Waals surface area contributed by atoms with E-state index in [4.69, 9.17) is 4.74 Å². The summed E-state index contributed by atoms with van der Waals surface area (Å²) >= 11 is 3.09. The number of hydrazone groups is 1. The van der Waals surface area contributed by atoms with Gasteiger partial charge in [0.15, 0.2) is 0 Å². The van der Waals surface area contributed by atoms with Crippen molar-refractivity contribution in [3.63, 3.8) is 0 Å². The van der Waals surface area contributed by atoms with Crippen LogP contribution >= 0.6 is 15.9 Å². The monoisotopic (exact) mass is 359 g/mol. The Morgan fingerprint density at radius 3 is 2.67 bits per heavy atom. The maximum absolute atomic E-state index is 11.3. The molecular weight excluding hydrogens is 346 g/mol. The molecule has 1 aromatic rings. The first-order valence-corrected chi connectivity index (χ1v) is 6.58. The Labute approximate surface area is 129 Å². The average molecular weight is 360 g/mol. The zero-order valence-electron chi connectivity index (χ0n) is 11.6. The van der Waals surface area contributed by atoms with Crippen molar-refractivity contribution in [3.05, 3.63) is 32.3 Å². The minimum Gasteiger partial charge on any atom is -0.502 e. The molecule has 0 heterocycles. The first-order chi connectivity index (χ1) is 9.60. The number of rotatable bonds is 3. The van der Waals surface area contributed by atoms with Crippen LogP contribution in [0.4, 0.5) is 10.5 Å². The lowest BCUT2D eigenvalue weighted by Gasteiger charge is -2.18. The Morgan fingerprint density at radius 1 is 1.52 bits per heavy atom. The van der Waals surface area contributed by atoms with Crippen molar-refractivity contribution >= 4 is 33.9 Å². The fraction of sp³-hybridized carbons (Fsp3) is 0.333. The van der Waals surface area contributed by atoms with Gasteiger partial charge in [-0.25, -0.2) is 10.2 Å².